The van der Waals surface area contributed by atoms with Gasteiger partial charge in [0.2, 0.25) is 0 Å². The fourth-order valence-electron chi connectivity index (χ4n) is 1.28. The van der Waals surface area contributed by atoms with Gasteiger partial charge in [0.1, 0.15) is 10.1 Å². The Balaban J connectivity index is 2.11. The van der Waals surface area contributed by atoms with Crippen molar-refractivity contribution in [3.63, 3.8) is 0 Å². The third-order valence-electron chi connectivity index (χ3n) is 2.00. The molecule has 0 aliphatic rings. The molecule has 16 heavy (non-hydrogen) atoms. The molecule has 0 N–H and O–H groups in total. The molecule has 1 aromatic carbocycles. The van der Waals surface area contributed by atoms with Gasteiger partial charge in [-0.3, -0.25) is 0 Å². The summed E-state index contributed by atoms with van der Waals surface area (Å²) in [5.41, 5.74) is 1.18. The predicted molar refractivity (Wildman–Crippen MR) is 72.4 cm³/mol. The first-order valence-corrected chi connectivity index (χ1v) is 7.30. The van der Waals surface area contributed by atoms with Crippen molar-refractivity contribution in [2.24, 2.45) is 0 Å². The molecular formula is C11H10BrNOS2. The number of ether oxygens (including phenoxy) is 1. The molecule has 0 aliphatic carbocycles. The SMILES string of the molecule is COc1ccc(Br)cc1CSc1nccs1. The Bertz CT molecular complexity index is 459. The molecule has 1 heterocycles. The molecule has 0 spiro atoms. The molecule has 84 valence electrons. The van der Waals surface area contributed by atoms with Crippen LogP contribution in [0.4, 0.5) is 0 Å². The lowest BCUT2D eigenvalue weighted by Crippen LogP contribution is -1.90. The van der Waals surface area contributed by atoms with Gasteiger partial charge in [0.25, 0.3) is 0 Å². The van der Waals surface area contributed by atoms with E-state index >= 15 is 0 Å². The summed E-state index contributed by atoms with van der Waals surface area (Å²) in [6, 6.07) is 6.04. The van der Waals surface area contributed by atoms with Gasteiger partial charge >= 0.3 is 0 Å². The molecular weight excluding hydrogens is 306 g/mol. The smallest absolute Gasteiger partial charge is 0.150 e. The van der Waals surface area contributed by atoms with Crippen LogP contribution in [0.25, 0.3) is 0 Å². The summed E-state index contributed by atoms with van der Waals surface area (Å²) in [5.74, 6) is 1.79. The maximum Gasteiger partial charge on any atom is 0.150 e. The van der Waals surface area contributed by atoms with E-state index in [1.165, 1.54) is 5.56 Å². The van der Waals surface area contributed by atoms with Crippen LogP contribution >= 0.6 is 39.0 Å². The molecule has 0 aliphatic heterocycles. The van der Waals surface area contributed by atoms with Crippen LogP contribution in [0.5, 0.6) is 5.75 Å². The van der Waals surface area contributed by atoms with Crippen molar-refractivity contribution in [3.8, 4) is 5.75 Å². The van der Waals surface area contributed by atoms with E-state index in [1.807, 2.05) is 23.7 Å². The van der Waals surface area contributed by atoms with Crippen LogP contribution in [0, 0.1) is 0 Å². The quantitative estimate of drug-likeness (QED) is 0.789. The lowest BCUT2D eigenvalue weighted by atomic mass is 10.2. The minimum absolute atomic E-state index is 0.871. The van der Waals surface area contributed by atoms with E-state index < -0.39 is 0 Å². The molecule has 2 nitrogen and oxygen atoms in total. The molecule has 1 aromatic heterocycles. The number of thioether (sulfide) groups is 1. The summed E-state index contributed by atoms with van der Waals surface area (Å²) in [7, 11) is 1.70. The van der Waals surface area contributed by atoms with E-state index in [2.05, 4.69) is 27.0 Å². The molecule has 5 heteroatoms. The summed E-state index contributed by atoms with van der Waals surface area (Å²) in [5, 5.41) is 1.99. The second kappa shape index (κ2) is 5.70. The zero-order valence-corrected chi connectivity index (χ0v) is 11.9. The van der Waals surface area contributed by atoms with Gasteiger partial charge in [-0.2, -0.15) is 0 Å². The number of halogens is 1. The van der Waals surface area contributed by atoms with Crippen LogP contribution in [0.15, 0.2) is 38.6 Å². The number of hydrogen-bond donors (Lipinski definition) is 0. The molecule has 0 fully saturated rings. The van der Waals surface area contributed by atoms with E-state index in [0.29, 0.717) is 0 Å². The molecule has 0 saturated carbocycles. The van der Waals surface area contributed by atoms with Gasteiger partial charge in [0.15, 0.2) is 0 Å². The largest absolute Gasteiger partial charge is 0.496 e. The number of hydrogen-bond acceptors (Lipinski definition) is 4. The highest BCUT2D eigenvalue weighted by molar-refractivity contribution is 9.10. The molecule has 2 aromatic rings. The Labute approximate surface area is 111 Å². The van der Waals surface area contributed by atoms with E-state index in [-0.39, 0.29) is 0 Å². The van der Waals surface area contributed by atoms with Crippen molar-refractivity contribution in [3.05, 3.63) is 39.8 Å². The van der Waals surface area contributed by atoms with Crippen LogP contribution in [0.3, 0.4) is 0 Å². The molecule has 0 atom stereocenters. The number of methoxy groups -OCH3 is 1. The third kappa shape index (κ3) is 2.99. The molecule has 0 amide bonds. The number of nitrogens with zero attached hydrogens (tertiary/aromatic N) is 1. The highest BCUT2D eigenvalue weighted by Crippen LogP contribution is 2.30. The van der Waals surface area contributed by atoms with Crippen LogP contribution < -0.4 is 4.74 Å². The number of thiazole rings is 1. The van der Waals surface area contributed by atoms with Crippen LogP contribution in [0.1, 0.15) is 5.56 Å². The fraction of sp³-hybridized carbons (Fsp3) is 0.182. The molecule has 0 unspecified atom stereocenters. The Hall–Kier alpha value is -0.520. The van der Waals surface area contributed by atoms with Gasteiger partial charge in [-0.15, -0.1) is 11.3 Å². The summed E-state index contributed by atoms with van der Waals surface area (Å²) in [6.45, 7) is 0. The highest BCUT2D eigenvalue weighted by Gasteiger charge is 2.05. The Morgan fingerprint density at radius 2 is 2.38 bits per heavy atom. The predicted octanol–water partition coefficient (Wildman–Crippen LogP) is 4.21. The first-order chi connectivity index (χ1) is 7.79. The Morgan fingerprint density at radius 3 is 3.06 bits per heavy atom. The minimum atomic E-state index is 0.871. The average Bonchev–Trinajstić information content (AvgIpc) is 2.79. The second-order valence-electron chi connectivity index (χ2n) is 3.04. The van der Waals surface area contributed by atoms with Gasteiger partial charge in [-0.05, 0) is 18.2 Å². The first-order valence-electron chi connectivity index (χ1n) is 4.64. The highest BCUT2D eigenvalue weighted by atomic mass is 79.9. The zero-order valence-electron chi connectivity index (χ0n) is 8.64. The van der Waals surface area contributed by atoms with Gasteiger partial charge in [-0.1, -0.05) is 27.7 Å². The Kier molecular flexibility index (Phi) is 4.26. The zero-order chi connectivity index (χ0) is 11.4. The summed E-state index contributed by atoms with van der Waals surface area (Å²) < 4.78 is 7.48. The van der Waals surface area contributed by atoms with Gasteiger partial charge < -0.3 is 4.74 Å². The number of benzene rings is 1. The second-order valence-corrected chi connectivity index (χ2v) is 6.08. The molecule has 0 saturated heterocycles. The van der Waals surface area contributed by atoms with Crippen molar-refractivity contribution in [1.82, 2.24) is 4.98 Å². The molecule has 2 rings (SSSR count). The Morgan fingerprint density at radius 1 is 1.50 bits per heavy atom. The standard InChI is InChI=1S/C11H10BrNOS2/c1-14-10-3-2-9(12)6-8(10)7-16-11-13-4-5-15-11/h2-6H,7H2,1H3. The monoisotopic (exact) mass is 315 g/mol. The molecule has 0 radical (unpaired) electrons. The topological polar surface area (TPSA) is 22.1 Å². The summed E-state index contributed by atoms with van der Waals surface area (Å²) >= 11 is 6.85. The third-order valence-corrected chi connectivity index (χ3v) is 4.51. The van der Waals surface area contributed by atoms with Gasteiger partial charge in [0, 0.05) is 27.4 Å². The van der Waals surface area contributed by atoms with E-state index in [0.717, 1.165) is 20.3 Å². The van der Waals surface area contributed by atoms with Crippen LogP contribution in [0.2, 0.25) is 0 Å². The van der Waals surface area contributed by atoms with Gasteiger partial charge in [-0.25, -0.2) is 4.98 Å². The van der Waals surface area contributed by atoms with E-state index in [4.69, 9.17) is 4.74 Å². The average molecular weight is 316 g/mol. The number of aromatic nitrogens is 1. The van der Waals surface area contributed by atoms with Crippen molar-refractivity contribution in [2.75, 3.05) is 7.11 Å². The molecule has 0 bridgehead atoms. The van der Waals surface area contributed by atoms with Crippen molar-refractivity contribution in [1.29, 1.82) is 0 Å². The minimum Gasteiger partial charge on any atom is -0.496 e. The first kappa shape index (κ1) is 12.0. The van der Waals surface area contributed by atoms with Crippen LogP contribution in [-0.4, -0.2) is 12.1 Å². The van der Waals surface area contributed by atoms with Crippen molar-refractivity contribution in [2.45, 2.75) is 10.1 Å². The van der Waals surface area contributed by atoms with Crippen LogP contribution in [-0.2, 0) is 5.75 Å². The summed E-state index contributed by atoms with van der Waals surface area (Å²) in [4.78, 5) is 4.24. The van der Waals surface area contributed by atoms with E-state index in [1.54, 1.807) is 30.2 Å². The van der Waals surface area contributed by atoms with Crippen molar-refractivity contribution >= 4 is 39.0 Å². The summed E-state index contributed by atoms with van der Waals surface area (Å²) in [6.07, 6.45) is 1.82. The maximum absolute atomic E-state index is 5.32. The van der Waals surface area contributed by atoms with E-state index in [9.17, 15) is 0 Å². The lowest BCUT2D eigenvalue weighted by Gasteiger charge is -2.07. The lowest BCUT2D eigenvalue weighted by molar-refractivity contribution is 0.411. The fourth-order valence-corrected chi connectivity index (χ4v) is 3.30. The maximum atomic E-state index is 5.32. The van der Waals surface area contributed by atoms with Crippen molar-refractivity contribution < 1.29 is 4.74 Å². The van der Waals surface area contributed by atoms with Gasteiger partial charge in [0.05, 0.1) is 7.11 Å². The number of rotatable bonds is 4. The normalized spacial score (nSPS) is 10.4.